The first-order valence-corrected chi connectivity index (χ1v) is 3.94. The monoisotopic (exact) mass is 171 g/mol. The zero-order valence-corrected chi connectivity index (χ0v) is 6.65. The lowest BCUT2D eigenvalue weighted by Crippen LogP contribution is -2.25. The van der Waals surface area contributed by atoms with Gasteiger partial charge < -0.3 is 9.90 Å². The fraction of sp³-hybridized carbons (Fsp3) is 0.429. The van der Waals surface area contributed by atoms with Crippen molar-refractivity contribution in [3.8, 4) is 12.3 Å². The summed E-state index contributed by atoms with van der Waals surface area (Å²) < 4.78 is 0. The summed E-state index contributed by atoms with van der Waals surface area (Å²) in [7, 11) is 0. The number of hydrogen-bond donors (Lipinski definition) is 0. The number of carboxylic acid groups (broad SMARTS) is 1. The van der Waals surface area contributed by atoms with E-state index in [1.807, 2.05) is 0 Å². The summed E-state index contributed by atoms with van der Waals surface area (Å²) in [5.74, 6) is 0.768. The first kappa shape index (κ1) is 10.0. The minimum atomic E-state index is -1.23. The third-order valence-corrected chi connectivity index (χ3v) is 1.73. The Morgan fingerprint density at radius 3 is 2.64 bits per heavy atom. The zero-order valence-electron chi connectivity index (χ0n) is 5.83. The van der Waals surface area contributed by atoms with Crippen LogP contribution >= 0.6 is 11.8 Å². The Hall–Kier alpha value is -0.950. The highest BCUT2D eigenvalue weighted by Gasteiger charge is 2.00. The van der Waals surface area contributed by atoms with E-state index in [-0.39, 0.29) is 17.3 Å². The van der Waals surface area contributed by atoms with Crippen LogP contribution < -0.4 is 5.11 Å². The number of rotatable bonds is 4. The summed E-state index contributed by atoms with van der Waals surface area (Å²) in [6, 6.07) is 0. The smallest absolute Gasteiger partial charge is 0.190 e. The van der Waals surface area contributed by atoms with Gasteiger partial charge in [-0.1, -0.05) is 11.8 Å². The molecule has 0 unspecified atom stereocenters. The predicted molar refractivity (Wildman–Crippen MR) is 40.5 cm³/mol. The number of carboxylic acids is 1. The number of aliphatic carboxylic acids is 1. The van der Waals surface area contributed by atoms with E-state index in [0.29, 0.717) is 6.42 Å². The molecule has 0 aromatic rings. The lowest BCUT2D eigenvalue weighted by atomic mass is 10.3. The molecule has 0 aromatic heterocycles. The van der Waals surface area contributed by atoms with E-state index >= 15 is 0 Å². The van der Waals surface area contributed by atoms with Crippen LogP contribution in [0.2, 0.25) is 0 Å². The van der Waals surface area contributed by atoms with E-state index in [0.717, 1.165) is 11.8 Å². The fourth-order valence-electron chi connectivity index (χ4n) is 0.386. The predicted octanol–water partition coefficient (Wildman–Crippen LogP) is -0.591. The summed E-state index contributed by atoms with van der Waals surface area (Å²) in [5.41, 5.74) is 0. The summed E-state index contributed by atoms with van der Waals surface area (Å²) >= 11 is 0.728. The molecule has 0 bridgehead atoms. The molecular formula is C7H7O3S-. The minimum absolute atomic E-state index is 0.202. The minimum Gasteiger partial charge on any atom is -0.549 e. The Kier molecular flexibility index (Phi) is 5.30. The Morgan fingerprint density at radius 1 is 1.55 bits per heavy atom. The lowest BCUT2D eigenvalue weighted by Gasteiger charge is -1.98. The second-order valence-electron chi connectivity index (χ2n) is 1.74. The highest BCUT2D eigenvalue weighted by molar-refractivity contribution is 8.14. The van der Waals surface area contributed by atoms with Crippen LogP contribution in [0.4, 0.5) is 0 Å². The van der Waals surface area contributed by atoms with Crippen molar-refractivity contribution >= 4 is 22.8 Å². The van der Waals surface area contributed by atoms with E-state index < -0.39 is 5.97 Å². The Morgan fingerprint density at radius 2 is 2.18 bits per heavy atom. The molecule has 60 valence electrons. The van der Waals surface area contributed by atoms with Crippen molar-refractivity contribution in [2.45, 2.75) is 12.8 Å². The number of terminal acetylenes is 1. The van der Waals surface area contributed by atoms with Crippen molar-refractivity contribution < 1.29 is 14.7 Å². The molecule has 3 nitrogen and oxygen atoms in total. The van der Waals surface area contributed by atoms with Gasteiger partial charge in [-0.25, -0.2) is 0 Å². The van der Waals surface area contributed by atoms with Gasteiger partial charge in [0.2, 0.25) is 0 Å². The fourth-order valence-corrected chi connectivity index (χ4v) is 0.911. The first-order chi connectivity index (χ1) is 5.16. The van der Waals surface area contributed by atoms with Crippen molar-refractivity contribution in [1.82, 2.24) is 0 Å². The molecule has 0 heterocycles. The quantitative estimate of drug-likeness (QED) is 0.530. The maximum Gasteiger partial charge on any atom is 0.190 e. The molecule has 0 spiro atoms. The summed E-state index contributed by atoms with van der Waals surface area (Å²) in [4.78, 5) is 20.5. The van der Waals surface area contributed by atoms with Crippen molar-refractivity contribution in [2.24, 2.45) is 0 Å². The van der Waals surface area contributed by atoms with Gasteiger partial charge in [0.05, 0.1) is 5.97 Å². The average molecular weight is 171 g/mol. The van der Waals surface area contributed by atoms with Crippen LogP contribution in [0, 0.1) is 12.3 Å². The second-order valence-corrected chi connectivity index (χ2v) is 2.77. The van der Waals surface area contributed by atoms with E-state index in [2.05, 4.69) is 5.92 Å². The SMILES string of the molecule is C#CCCC(=O)SCC(=O)[O-]. The van der Waals surface area contributed by atoms with Crippen LogP contribution in [0.15, 0.2) is 0 Å². The van der Waals surface area contributed by atoms with Crippen LogP contribution in [0.1, 0.15) is 12.8 Å². The molecule has 0 aliphatic heterocycles. The molecule has 0 amide bonds. The van der Waals surface area contributed by atoms with E-state index in [9.17, 15) is 14.7 Å². The van der Waals surface area contributed by atoms with Gasteiger partial charge in [-0.15, -0.1) is 12.3 Å². The number of thioether (sulfide) groups is 1. The van der Waals surface area contributed by atoms with Crippen molar-refractivity contribution in [1.29, 1.82) is 0 Å². The molecule has 0 radical (unpaired) electrons. The van der Waals surface area contributed by atoms with Gasteiger partial charge in [0.15, 0.2) is 5.12 Å². The Balaban J connectivity index is 3.39. The summed E-state index contributed by atoms with van der Waals surface area (Å²) in [6.45, 7) is 0. The van der Waals surface area contributed by atoms with E-state index in [1.165, 1.54) is 0 Å². The van der Waals surface area contributed by atoms with E-state index in [1.54, 1.807) is 0 Å². The van der Waals surface area contributed by atoms with Crippen molar-refractivity contribution in [3.63, 3.8) is 0 Å². The molecule has 4 heteroatoms. The third kappa shape index (κ3) is 6.94. The molecule has 11 heavy (non-hydrogen) atoms. The van der Waals surface area contributed by atoms with Crippen LogP contribution in [-0.4, -0.2) is 16.8 Å². The van der Waals surface area contributed by atoms with Gasteiger partial charge in [0.1, 0.15) is 0 Å². The highest BCUT2D eigenvalue weighted by atomic mass is 32.2. The van der Waals surface area contributed by atoms with Crippen LogP contribution in [-0.2, 0) is 9.59 Å². The summed E-state index contributed by atoms with van der Waals surface area (Å²) in [5, 5.41) is 9.65. The number of carbonyl (C=O) groups excluding carboxylic acids is 2. The van der Waals surface area contributed by atoms with Gasteiger partial charge >= 0.3 is 0 Å². The van der Waals surface area contributed by atoms with Crippen molar-refractivity contribution in [3.05, 3.63) is 0 Å². The largest absolute Gasteiger partial charge is 0.549 e. The Labute approximate surface area is 69.2 Å². The van der Waals surface area contributed by atoms with Crippen molar-refractivity contribution in [2.75, 3.05) is 5.75 Å². The van der Waals surface area contributed by atoms with Crippen LogP contribution in [0.3, 0.4) is 0 Å². The normalized spacial score (nSPS) is 8.64. The van der Waals surface area contributed by atoms with Crippen LogP contribution in [0.5, 0.6) is 0 Å². The van der Waals surface area contributed by atoms with Crippen LogP contribution in [0.25, 0.3) is 0 Å². The molecule has 0 saturated heterocycles. The molecule has 0 aromatic carbocycles. The molecule has 0 atom stereocenters. The second kappa shape index (κ2) is 5.81. The van der Waals surface area contributed by atoms with Gasteiger partial charge in [-0.2, -0.15) is 0 Å². The summed E-state index contributed by atoms with van der Waals surface area (Å²) in [6.07, 6.45) is 5.48. The Bertz CT molecular complexity index is 192. The molecule has 0 N–H and O–H groups in total. The van der Waals surface area contributed by atoms with E-state index in [4.69, 9.17) is 6.42 Å². The molecule has 0 fully saturated rings. The molecule has 0 aliphatic rings. The zero-order chi connectivity index (χ0) is 8.69. The lowest BCUT2D eigenvalue weighted by molar-refractivity contribution is -0.301. The first-order valence-electron chi connectivity index (χ1n) is 2.95. The number of hydrogen-bond acceptors (Lipinski definition) is 4. The molecular weight excluding hydrogens is 164 g/mol. The standard InChI is InChI=1S/C7H8O3S/c1-2-3-4-7(10)11-5-6(8)9/h1H,3-5H2,(H,8,9)/p-1. The van der Waals surface area contributed by atoms with Gasteiger partial charge in [-0.05, 0) is 0 Å². The molecule has 0 aliphatic carbocycles. The van der Waals surface area contributed by atoms with Gasteiger partial charge in [-0.3, -0.25) is 4.79 Å². The maximum absolute atomic E-state index is 10.7. The molecule has 0 saturated carbocycles. The van der Waals surface area contributed by atoms with Gasteiger partial charge in [0.25, 0.3) is 0 Å². The van der Waals surface area contributed by atoms with Gasteiger partial charge in [0, 0.05) is 18.6 Å². The number of carbonyl (C=O) groups is 2. The topological polar surface area (TPSA) is 57.2 Å². The third-order valence-electron chi connectivity index (χ3n) is 0.824. The highest BCUT2D eigenvalue weighted by Crippen LogP contribution is 2.05. The maximum atomic E-state index is 10.7. The molecule has 0 rings (SSSR count). The average Bonchev–Trinajstić information content (AvgIpc) is 1.97.